The summed E-state index contributed by atoms with van der Waals surface area (Å²) in [6, 6.07) is 12.0. The maximum Gasteiger partial charge on any atom is 0.414 e. The Morgan fingerprint density at radius 2 is 2.00 bits per heavy atom. The number of benzene rings is 2. The third-order valence-electron chi connectivity index (χ3n) is 3.80. The highest BCUT2D eigenvalue weighted by molar-refractivity contribution is 6.35. The smallest absolute Gasteiger partial charge is 0.414 e. The number of carbonyl (C=O) groups is 2. The molecule has 1 aliphatic rings. The lowest BCUT2D eigenvalue weighted by molar-refractivity contribution is -0.122. The fourth-order valence-corrected chi connectivity index (χ4v) is 2.89. The number of nitrogens with zero attached hydrogens (tertiary/aromatic N) is 1. The number of halogens is 2. The third-order valence-corrected chi connectivity index (χ3v) is 4.33. The molecule has 2 aromatic rings. The molecule has 3 rings (SSSR count). The molecule has 0 spiro atoms. The number of hydrogen-bond donors (Lipinski definition) is 1. The number of ether oxygens (including phenoxy) is 2. The van der Waals surface area contributed by atoms with Crippen LogP contribution in [-0.2, 0) is 9.53 Å². The lowest BCUT2D eigenvalue weighted by Crippen LogP contribution is -2.29. The number of hydrogen-bond acceptors (Lipinski definition) is 4. The van der Waals surface area contributed by atoms with Gasteiger partial charge < -0.3 is 14.8 Å². The second-order valence-electron chi connectivity index (χ2n) is 5.75. The number of nitrogens with one attached hydrogen (secondary N) is 1. The van der Waals surface area contributed by atoms with Crippen LogP contribution in [0.4, 0.5) is 10.5 Å². The molecule has 28 heavy (non-hydrogen) atoms. The Morgan fingerprint density at radius 3 is 2.68 bits per heavy atom. The van der Waals surface area contributed by atoms with Gasteiger partial charge in [-0.05, 0) is 42.5 Å². The first-order valence-electron chi connectivity index (χ1n) is 8.41. The van der Waals surface area contributed by atoms with Gasteiger partial charge in [-0.3, -0.25) is 9.69 Å². The molecule has 0 atom stereocenters. The standard InChI is InChI=1S/C20H16Cl2N2O4/c21-15-5-8-18(17(22)12-15)28-13-19(25)23-9-1-2-14-3-6-16(7-4-14)24-10-11-27-20(24)26/h3-8,12H,9-11,13H2,(H,23,25). The minimum atomic E-state index is -0.344. The Hall–Kier alpha value is -2.88. The molecule has 0 unspecified atom stereocenters. The van der Waals surface area contributed by atoms with E-state index >= 15 is 0 Å². The molecule has 0 bridgehead atoms. The highest BCUT2D eigenvalue weighted by atomic mass is 35.5. The van der Waals surface area contributed by atoms with Gasteiger partial charge in [0.15, 0.2) is 6.61 Å². The monoisotopic (exact) mass is 418 g/mol. The van der Waals surface area contributed by atoms with E-state index < -0.39 is 0 Å². The van der Waals surface area contributed by atoms with Crippen molar-refractivity contribution in [3.63, 3.8) is 0 Å². The van der Waals surface area contributed by atoms with Crippen LogP contribution in [0.3, 0.4) is 0 Å². The van der Waals surface area contributed by atoms with E-state index in [-0.39, 0.29) is 25.2 Å². The van der Waals surface area contributed by atoms with Gasteiger partial charge in [0, 0.05) is 16.3 Å². The maximum absolute atomic E-state index is 11.8. The Labute approximate surface area is 172 Å². The van der Waals surface area contributed by atoms with E-state index in [4.69, 9.17) is 32.7 Å². The van der Waals surface area contributed by atoms with Gasteiger partial charge in [0.1, 0.15) is 12.4 Å². The largest absolute Gasteiger partial charge is 0.482 e. The average molecular weight is 419 g/mol. The van der Waals surface area contributed by atoms with Crippen molar-refractivity contribution in [2.45, 2.75) is 0 Å². The van der Waals surface area contributed by atoms with Crippen LogP contribution in [0.1, 0.15) is 5.56 Å². The molecule has 1 aliphatic heterocycles. The van der Waals surface area contributed by atoms with Crippen LogP contribution in [0.5, 0.6) is 5.75 Å². The van der Waals surface area contributed by atoms with E-state index in [1.165, 1.54) is 0 Å². The van der Waals surface area contributed by atoms with E-state index in [2.05, 4.69) is 17.2 Å². The topological polar surface area (TPSA) is 67.9 Å². The van der Waals surface area contributed by atoms with Gasteiger partial charge in [-0.15, -0.1) is 0 Å². The second-order valence-corrected chi connectivity index (χ2v) is 6.60. The molecule has 0 aliphatic carbocycles. The predicted octanol–water partition coefficient (Wildman–Crippen LogP) is 3.50. The SMILES string of the molecule is O=C(COc1ccc(Cl)cc1Cl)NCC#Cc1ccc(N2CCOC2=O)cc1. The molecule has 1 saturated heterocycles. The minimum Gasteiger partial charge on any atom is -0.482 e. The fraction of sp³-hybridized carbons (Fsp3) is 0.200. The zero-order valence-corrected chi connectivity index (χ0v) is 16.2. The van der Waals surface area contributed by atoms with Crippen LogP contribution in [0, 0.1) is 11.8 Å². The molecule has 1 fully saturated rings. The van der Waals surface area contributed by atoms with Gasteiger partial charge in [-0.1, -0.05) is 35.0 Å². The number of carbonyl (C=O) groups excluding carboxylic acids is 2. The first kappa shape index (κ1) is 19.9. The molecule has 1 heterocycles. The van der Waals surface area contributed by atoms with Crippen LogP contribution < -0.4 is 15.0 Å². The molecule has 2 amide bonds. The van der Waals surface area contributed by atoms with Gasteiger partial charge in [-0.25, -0.2) is 4.79 Å². The van der Waals surface area contributed by atoms with Crippen molar-refractivity contribution < 1.29 is 19.1 Å². The van der Waals surface area contributed by atoms with Crippen LogP contribution in [-0.4, -0.2) is 38.3 Å². The van der Waals surface area contributed by atoms with Crippen molar-refractivity contribution in [1.82, 2.24) is 5.32 Å². The highest BCUT2D eigenvalue weighted by Crippen LogP contribution is 2.27. The van der Waals surface area contributed by atoms with E-state index in [9.17, 15) is 9.59 Å². The number of anilines is 1. The van der Waals surface area contributed by atoms with Crippen molar-refractivity contribution in [3.8, 4) is 17.6 Å². The molecule has 144 valence electrons. The quantitative estimate of drug-likeness (QED) is 0.754. The molecule has 6 nitrogen and oxygen atoms in total. The fourth-order valence-electron chi connectivity index (χ4n) is 2.43. The molecular formula is C20H16Cl2N2O4. The van der Waals surface area contributed by atoms with E-state index in [1.54, 1.807) is 47.4 Å². The van der Waals surface area contributed by atoms with Crippen molar-refractivity contribution in [2.24, 2.45) is 0 Å². The Kier molecular flexibility index (Phi) is 6.64. The summed E-state index contributed by atoms with van der Waals surface area (Å²) in [5, 5.41) is 3.47. The number of amides is 2. The van der Waals surface area contributed by atoms with Crippen molar-refractivity contribution in [2.75, 3.05) is 31.2 Å². The lowest BCUT2D eigenvalue weighted by atomic mass is 10.2. The molecule has 0 saturated carbocycles. The Balaban J connectivity index is 1.44. The van der Waals surface area contributed by atoms with Gasteiger partial charge in [0.2, 0.25) is 0 Å². The summed E-state index contributed by atoms with van der Waals surface area (Å²) < 4.78 is 10.3. The van der Waals surface area contributed by atoms with Crippen molar-refractivity contribution in [1.29, 1.82) is 0 Å². The maximum atomic E-state index is 11.8. The van der Waals surface area contributed by atoms with Gasteiger partial charge >= 0.3 is 6.09 Å². The Bertz CT molecular complexity index is 935. The van der Waals surface area contributed by atoms with E-state index in [0.29, 0.717) is 28.9 Å². The van der Waals surface area contributed by atoms with Gasteiger partial charge in [-0.2, -0.15) is 0 Å². The summed E-state index contributed by atoms with van der Waals surface area (Å²) in [5.41, 5.74) is 1.54. The van der Waals surface area contributed by atoms with Crippen LogP contribution in [0.25, 0.3) is 0 Å². The zero-order chi connectivity index (χ0) is 19.9. The van der Waals surface area contributed by atoms with Crippen molar-refractivity contribution >= 4 is 40.9 Å². The van der Waals surface area contributed by atoms with Gasteiger partial charge in [0.05, 0.1) is 18.1 Å². The van der Waals surface area contributed by atoms with Gasteiger partial charge in [0.25, 0.3) is 5.91 Å². The summed E-state index contributed by atoms with van der Waals surface area (Å²) in [4.78, 5) is 24.9. The molecule has 0 aromatic heterocycles. The highest BCUT2D eigenvalue weighted by Gasteiger charge is 2.23. The summed E-state index contributed by atoms with van der Waals surface area (Å²) in [7, 11) is 0. The predicted molar refractivity (Wildman–Crippen MR) is 107 cm³/mol. The summed E-state index contributed by atoms with van der Waals surface area (Å²) in [6.45, 7) is 0.938. The lowest BCUT2D eigenvalue weighted by Gasteiger charge is -2.11. The zero-order valence-electron chi connectivity index (χ0n) is 14.7. The summed E-state index contributed by atoms with van der Waals surface area (Å²) >= 11 is 11.8. The Morgan fingerprint density at radius 1 is 1.21 bits per heavy atom. The first-order valence-corrected chi connectivity index (χ1v) is 9.16. The molecular weight excluding hydrogens is 403 g/mol. The molecule has 8 heteroatoms. The summed E-state index contributed by atoms with van der Waals surface area (Å²) in [5.74, 6) is 5.87. The number of rotatable bonds is 5. The van der Waals surface area contributed by atoms with E-state index in [0.717, 1.165) is 11.3 Å². The molecule has 0 radical (unpaired) electrons. The number of cyclic esters (lactones) is 1. The molecule has 1 N–H and O–H groups in total. The molecule has 2 aromatic carbocycles. The van der Waals surface area contributed by atoms with Crippen LogP contribution in [0.2, 0.25) is 10.0 Å². The van der Waals surface area contributed by atoms with E-state index in [1.807, 2.05) is 0 Å². The summed E-state index contributed by atoms with van der Waals surface area (Å²) in [6.07, 6.45) is -0.344. The second kappa shape index (κ2) is 9.36. The third kappa shape index (κ3) is 5.32. The normalized spacial score (nSPS) is 12.8. The van der Waals surface area contributed by atoms with Crippen LogP contribution in [0.15, 0.2) is 42.5 Å². The van der Waals surface area contributed by atoms with Crippen LogP contribution >= 0.6 is 23.2 Å². The first-order chi connectivity index (χ1) is 13.5. The average Bonchev–Trinajstić information content (AvgIpc) is 3.11. The minimum absolute atomic E-state index is 0.177. The van der Waals surface area contributed by atoms with Crippen molar-refractivity contribution in [3.05, 3.63) is 58.1 Å².